The number of nitrogens with zero attached hydrogens (tertiary/aromatic N) is 3. The molecule has 6 heteroatoms. The fraction of sp³-hybridized carbons (Fsp3) is 0. The van der Waals surface area contributed by atoms with Crippen molar-refractivity contribution in [2.24, 2.45) is 0 Å². The van der Waals surface area contributed by atoms with Gasteiger partial charge in [0.1, 0.15) is 22.3 Å². The summed E-state index contributed by atoms with van der Waals surface area (Å²) >= 11 is 1.89. The van der Waals surface area contributed by atoms with E-state index in [9.17, 15) is 0 Å². The second-order valence-corrected chi connectivity index (χ2v) is 35.5. The second-order valence-electron chi connectivity index (χ2n) is 34.5. The summed E-state index contributed by atoms with van der Waals surface area (Å²) in [5, 5.41) is 16.7. The van der Waals surface area contributed by atoms with Crippen molar-refractivity contribution in [3.63, 3.8) is 0 Å². The third-order valence-corrected chi connectivity index (χ3v) is 27.6. The minimum absolute atomic E-state index is 0.879. The van der Waals surface area contributed by atoms with Crippen molar-refractivity contribution < 1.29 is 8.83 Å². The molecule has 0 amide bonds. The van der Waals surface area contributed by atoms with Crippen molar-refractivity contribution in [2.75, 3.05) is 14.7 Å². The van der Waals surface area contributed by atoms with Gasteiger partial charge in [0, 0.05) is 81.6 Å². The van der Waals surface area contributed by atoms with Gasteiger partial charge in [-0.3, -0.25) is 0 Å². The highest BCUT2D eigenvalue weighted by molar-refractivity contribution is 7.27. The maximum atomic E-state index is 6.21. The maximum Gasteiger partial charge on any atom is 0.135 e. The summed E-state index contributed by atoms with van der Waals surface area (Å²) in [5.41, 5.74) is 30.6. The summed E-state index contributed by atoms with van der Waals surface area (Å²) in [6, 6.07) is 189. The highest BCUT2D eigenvalue weighted by Crippen LogP contribution is 2.52. The molecule has 0 spiro atoms. The molecule has 0 aliphatic rings. The Balaban J connectivity index is 0.000000112. The Morgan fingerprint density at radius 2 is 0.456 bits per heavy atom. The van der Waals surface area contributed by atoms with E-state index in [2.05, 4.69) is 518 Å². The first-order chi connectivity index (χ1) is 67.4. The molecule has 3 heterocycles. The van der Waals surface area contributed by atoms with E-state index in [4.69, 9.17) is 8.83 Å². The molecule has 26 aromatic rings. The van der Waals surface area contributed by atoms with E-state index in [1.54, 1.807) is 0 Å². The zero-order chi connectivity index (χ0) is 90.2. The SMILES string of the molecule is c1ccc(-c2cc(N(c3ccc4oc5ccccc5c4c3)c3ccc4oc5ccccc5c4c3)c3ccccc3c2)cc1.c1ccc(-c2cc(N(c3ccccc3)c3cccc4c3sc3c(-c5ccccc5)cccc34)c3ccccc3c2)cc1.c1ccc(-c2ccc(N(c3ccc(-c4cc(-c5ccccc5)cc5ccccc45)cc3)c3cccc4c(-c5ccccc5)cccc34)cc2)cc1. The molecular formula is C130H87N3O2S. The Labute approximate surface area is 793 Å². The van der Waals surface area contributed by atoms with Gasteiger partial charge in [0.2, 0.25) is 0 Å². The molecule has 0 N–H and O–H groups in total. The quantitative estimate of drug-likeness (QED) is 0.0963. The molecule has 0 saturated carbocycles. The largest absolute Gasteiger partial charge is 0.456 e. The van der Waals surface area contributed by atoms with Crippen LogP contribution < -0.4 is 14.7 Å². The van der Waals surface area contributed by atoms with Crippen molar-refractivity contribution in [3.05, 3.63) is 528 Å². The Hall–Kier alpha value is -17.7. The molecule has 0 radical (unpaired) electrons. The lowest BCUT2D eigenvalue weighted by molar-refractivity contribution is 0.668. The molecule has 0 saturated heterocycles. The van der Waals surface area contributed by atoms with Gasteiger partial charge >= 0.3 is 0 Å². The van der Waals surface area contributed by atoms with Crippen molar-refractivity contribution in [3.8, 4) is 77.9 Å². The summed E-state index contributed by atoms with van der Waals surface area (Å²) in [7, 11) is 0. The lowest BCUT2D eigenvalue weighted by Crippen LogP contribution is -2.10. The standard InChI is InChI=1S/C50H35N.C40H25NO2.C40H27NS/c1-4-14-36(15-5-1)38-26-30-43(31-27-38)51(50-25-13-23-47-45(22-12-24-48(47)50)39-18-8-3-9-19-39)44-32-28-40(29-33-44)49-35-42(37-16-6-2-7-17-37)34-41-20-10-11-21-46(41)49;1-2-10-26(11-3-1)28-22-27-12-4-5-13-31(27)36(23-28)41(29-18-20-39-34(24-29)32-14-6-8-16-37(32)42-39)30-19-21-40-35(25-30)33-15-7-9-17-38(33)43-40;1-4-14-28(15-5-1)31-26-30-18-10-11-21-33(30)38(27-31)41(32-19-8-3-9-20-32)37-25-13-24-36-35-23-12-22-34(39(35)42-40(36)37)29-16-6-2-7-17-29/h1-35H;1-25H;1-27H. The van der Waals surface area contributed by atoms with Gasteiger partial charge in [0.05, 0.1) is 27.4 Å². The molecule has 0 atom stereocenters. The van der Waals surface area contributed by atoms with Gasteiger partial charge in [-0.15, -0.1) is 11.3 Å². The van der Waals surface area contributed by atoms with E-state index in [0.29, 0.717) is 0 Å². The van der Waals surface area contributed by atoms with E-state index in [0.717, 1.165) is 83.7 Å². The van der Waals surface area contributed by atoms with Crippen LogP contribution in [-0.4, -0.2) is 0 Å². The fourth-order valence-corrected chi connectivity index (χ4v) is 21.2. The van der Waals surface area contributed by atoms with Crippen LogP contribution >= 0.6 is 11.3 Å². The van der Waals surface area contributed by atoms with Crippen molar-refractivity contribution in [1.29, 1.82) is 0 Å². The van der Waals surface area contributed by atoms with E-state index < -0.39 is 0 Å². The molecule has 0 bridgehead atoms. The maximum absolute atomic E-state index is 6.21. The first-order valence-corrected chi connectivity index (χ1v) is 47.1. The molecule has 0 unspecified atom stereocenters. The molecule has 0 aliphatic carbocycles. The average molecular weight is 1760 g/mol. The van der Waals surface area contributed by atoms with Crippen LogP contribution in [0.15, 0.2) is 537 Å². The Morgan fingerprint density at radius 3 is 0.963 bits per heavy atom. The topological polar surface area (TPSA) is 36.0 Å². The van der Waals surface area contributed by atoms with E-state index in [1.165, 1.54) is 153 Å². The lowest BCUT2D eigenvalue weighted by atomic mass is 9.93. The van der Waals surface area contributed by atoms with E-state index in [1.807, 2.05) is 35.6 Å². The second kappa shape index (κ2) is 35.9. The predicted molar refractivity (Wildman–Crippen MR) is 579 cm³/mol. The third kappa shape index (κ3) is 15.6. The normalized spacial score (nSPS) is 11.4. The minimum atomic E-state index is 0.879. The van der Waals surface area contributed by atoms with Gasteiger partial charge in [0.15, 0.2) is 0 Å². The van der Waals surface area contributed by atoms with Gasteiger partial charge in [-0.25, -0.2) is 0 Å². The van der Waals surface area contributed by atoms with Crippen LogP contribution in [0, 0.1) is 0 Å². The zero-order valence-corrected chi connectivity index (χ0v) is 75.1. The van der Waals surface area contributed by atoms with Crippen molar-refractivity contribution in [2.45, 2.75) is 0 Å². The fourth-order valence-electron chi connectivity index (χ4n) is 19.8. The predicted octanol–water partition coefficient (Wildman–Crippen LogP) is 37.9. The Kier molecular flexibility index (Phi) is 21.5. The number of anilines is 9. The smallest absolute Gasteiger partial charge is 0.135 e. The molecular weight excluding hydrogens is 1670 g/mol. The van der Waals surface area contributed by atoms with Gasteiger partial charge < -0.3 is 23.5 Å². The number of benzene rings is 23. The number of thiophene rings is 1. The Morgan fingerprint density at radius 1 is 0.140 bits per heavy atom. The highest BCUT2D eigenvalue weighted by Gasteiger charge is 2.26. The van der Waals surface area contributed by atoms with E-state index >= 15 is 0 Å². The number of para-hydroxylation sites is 3. The highest BCUT2D eigenvalue weighted by atomic mass is 32.1. The summed E-state index contributed by atoms with van der Waals surface area (Å²) in [6.07, 6.45) is 0. The molecule has 0 fully saturated rings. The van der Waals surface area contributed by atoms with Crippen LogP contribution in [0.5, 0.6) is 0 Å². The Bertz CT molecular complexity index is 8780. The summed E-state index contributed by atoms with van der Waals surface area (Å²) in [4.78, 5) is 7.22. The lowest BCUT2D eigenvalue weighted by Gasteiger charge is -2.28. The van der Waals surface area contributed by atoms with Crippen LogP contribution in [0.1, 0.15) is 0 Å². The molecule has 136 heavy (non-hydrogen) atoms. The number of furan rings is 2. The number of fused-ring (bicyclic) bond motifs is 13. The van der Waals surface area contributed by atoms with Crippen LogP contribution in [0.4, 0.5) is 51.2 Å². The van der Waals surface area contributed by atoms with Crippen LogP contribution in [-0.2, 0) is 0 Å². The van der Waals surface area contributed by atoms with Gasteiger partial charge in [-0.2, -0.15) is 0 Å². The molecule has 5 nitrogen and oxygen atoms in total. The molecule has 640 valence electrons. The minimum Gasteiger partial charge on any atom is -0.456 e. The summed E-state index contributed by atoms with van der Waals surface area (Å²) in [5.74, 6) is 0. The number of rotatable bonds is 16. The van der Waals surface area contributed by atoms with Gasteiger partial charge in [0.25, 0.3) is 0 Å². The molecule has 26 rings (SSSR count). The van der Waals surface area contributed by atoms with Crippen LogP contribution in [0.25, 0.3) is 185 Å². The molecule has 0 aliphatic heterocycles. The average Bonchev–Trinajstić information content (AvgIpc) is 1.52. The van der Waals surface area contributed by atoms with Gasteiger partial charge in [-0.05, 0) is 238 Å². The van der Waals surface area contributed by atoms with Crippen molar-refractivity contribution in [1.82, 2.24) is 0 Å². The zero-order valence-electron chi connectivity index (χ0n) is 74.3. The number of hydrogen-bond donors (Lipinski definition) is 0. The molecule has 23 aromatic carbocycles. The monoisotopic (exact) mass is 1750 g/mol. The first-order valence-electron chi connectivity index (χ1n) is 46.3. The first kappa shape index (κ1) is 81.5. The molecule has 3 aromatic heterocycles. The summed E-state index contributed by atoms with van der Waals surface area (Å²) in [6.45, 7) is 0. The van der Waals surface area contributed by atoms with Crippen molar-refractivity contribution >= 4 is 170 Å². The van der Waals surface area contributed by atoms with E-state index in [-0.39, 0.29) is 0 Å². The van der Waals surface area contributed by atoms with Gasteiger partial charge in [-0.1, -0.05) is 394 Å². The summed E-state index contributed by atoms with van der Waals surface area (Å²) < 4.78 is 15.0. The number of hydrogen-bond acceptors (Lipinski definition) is 6. The van der Waals surface area contributed by atoms with Crippen LogP contribution in [0.3, 0.4) is 0 Å². The third-order valence-electron chi connectivity index (χ3n) is 26.3. The van der Waals surface area contributed by atoms with Crippen LogP contribution in [0.2, 0.25) is 0 Å².